The van der Waals surface area contributed by atoms with Crippen LogP contribution < -0.4 is 10.1 Å². The molecule has 6 heteroatoms. The number of hydrogen-bond acceptors (Lipinski definition) is 5. The first-order chi connectivity index (χ1) is 9.15. The van der Waals surface area contributed by atoms with Crippen LogP contribution in [0.4, 0.5) is 0 Å². The van der Waals surface area contributed by atoms with Gasteiger partial charge in [-0.3, -0.25) is 4.79 Å². The molecule has 2 N–H and O–H groups in total. The molecule has 0 aliphatic heterocycles. The minimum Gasteiger partial charge on any atom is -0.497 e. The van der Waals surface area contributed by atoms with Gasteiger partial charge in [0, 0.05) is 18.6 Å². The Labute approximate surface area is 117 Å². The van der Waals surface area contributed by atoms with E-state index in [0.29, 0.717) is 5.75 Å². The summed E-state index contributed by atoms with van der Waals surface area (Å²) in [5.41, 5.74) is 0. The van der Waals surface area contributed by atoms with Gasteiger partial charge in [0.15, 0.2) is 0 Å². The number of aliphatic hydroxyl groups is 1. The standard InChI is InChI=1S/C13H19NO4S/c1-17-8-10(15)7-14-13(16)9-19-12-5-3-4-11(6-12)18-2/h3-6,10,15H,7-9H2,1-2H3,(H,14,16). The Morgan fingerprint density at radius 1 is 1.47 bits per heavy atom. The van der Waals surface area contributed by atoms with Gasteiger partial charge < -0.3 is 19.9 Å². The molecule has 1 amide bonds. The SMILES string of the molecule is COCC(O)CNC(=O)CSc1cccc(OC)c1. The number of carbonyl (C=O) groups excluding carboxylic acids is 1. The third-order valence-electron chi connectivity index (χ3n) is 2.31. The zero-order chi connectivity index (χ0) is 14.1. The van der Waals surface area contributed by atoms with Crippen LogP contribution in [-0.2, 0) is 9.53 Å². The van der Waals surface area contributed by atoms with Crippen LogP contribution in [0, 0.1) is 0 Å². The van der Waals surface area contributed by atoms with Crippen molar-refractivity contribution in [3.63, 3.8) is 0 Å². The maximum atomic E-state index is 11.6. The Bertz CT molecular complexity index is 400. The molecule has 0 aromatic heterocycles. The molecule has 0 saturated heterocycles. The summed E-state index contributed by atoms with van der Waals surface area (Å²) in [6.07, 6.45) is -0.671. The number of thioether (sulfide) groups is 1. The van der Waals surface area contributed by atoms with Gasteiger partial charge in [0.05, 0.1) is 25.6 Å². The molecule has 1 aromatic rings. The van der Waals surface area contributed by atoms with Gasteiger partial charge in [0.25, 0.3) is 0 Å². The molecule has 106 valence electrons. The Balaban J connectivity index is 2.29. The molecule has 5 nitrogen and oxygen atoms in total. The van der Waals surface area contributed by atoms with Crippen LogP contribution in [0.1, 0.15) is 0 Å². The molecule has 0 fully saturated rings. The number of hydrogen-bond donors (Lipinski definition) is 2. The molecule has 0 saturated carbocycles. The molecule has 0 heterocycles. The highest BCUT2D eigenvalue weighted by atomic mass is 32.2. The van der Waals surface area contributed by atoms with Crippen molar-refractivity contribution in [1.29, 1.82) is 0 Å². The second-order valence-electron chi connectivity index (χ2n) is 3.88. The van der Waals surface area contributed by atoms with Crippen molar-refractivity contribution in [2.75, 3.05) is 33.1 Å². The van der Waals surface area contributed by atoms with Crippen LogP contribution in [0.3, 0.4) is 0 Å². The zero-order valence-electron chi connectivity index (χ0n) is 11.1. The second-order valence-corrected chi connectivity index (χ2v) is 4.93. The van der Waals surface area contributed by atoms with Crippen molar-refractivity contribution in [1.82, 2.24) is 5.32 Å². The number of aliphatic hydroxyl groups excluding tert-OH is 1. The van der Waals surface area contributed by atoms with Gasteiger partial charge in [-0.05, 0) is 18.2 Å². The Kier molecular flexibility index (Phi) is 7.32. The lowest BCUT2D eigenvalue weighted by Crippen LogP contribution is -2.35. The lowest BCUT2D eigenvalue weighted by atomic mass is 10.3. The second kappa shape index (κ2) is 8.79. The van der Waals surface area contributed by atoms with Crippen LogP contribution in [0.5, 0.6) is 5.75 Å². The van der Waals surface area contributed by atoms with Crippen molar-refractivity contribution >= 4 is 17.7 Å². The van der Waals surface area contributed by atoms with Gasteiger partial charge >= 0.3 is 0 Å². The highest BCUT2D eigenvalue weighted by Gasteiger charge is 2.07. The van der Waals surface area contributed by atoms with E-state index in [4.69, 9.17) is 9.47 Å². The topological polar surface area (TPSA) is 67.8 Å². The number of methoxy groups -OCH3 is 2. The maximum absolute atomic E-state index is 11.6. The minimum atomic E-state index is -0.671. The van der Waals surface area contributed by atoms with E-state index in [1.54, 1.807) is 7.11 Å². The van der Waals surface area contributed by atoms with Crippen molar-refractivity contribution in [3.8, 4) is 5.75 Å². The summed E-state index contributed by atoms with van der Waals surface area (Å²) in [5, 5.41) is 12.0. The van der Waals surface area contributed by atoms with Crippen LogP contribution in [0.25, 0.3) is 0 Å². The van der Waals surface area contributed by atoms with Gasteiger partial charge in [0.2, 0.25) is 5.91 Å². The molecular formula is C13H19NO4S. The predicted octanol–water partition coefficient (Wildman–Crippen LogP) is 0.911. The summed E-state index contributed by atoms with van der Waals surface area (Å²) in [7, 11) is 3.11. The van der Waals surface area contributed by atoms with Crippen LogP contribution >= 0.6 is 11.8 Å². The highest BCUT2D eigenvalue weighted by molar-refractivity contribution is 8.00. The lowest BCUT2D eigenvalue weighted by molar-refractivity contribution is -0.119. The molecule has 0 bridgehead atoms. The first-order valence-electron chi connectivity index (χ1n) is 5.86. The van der Waals surface area contributed by atoms with E-state index in [9.17, 15) is 9.90 Å². The van der Waals surface area contributed by atoms with E-state index in [0.717, 1.165) is 10.6 Å². The van der Waals surface area contributed by atoms with E-state index >= 15 is 0 Å². The van der Waals surface area contributed by atoms with E-state index < -0.39 is 6.10 Å². The number of carbonyl (C=O) groups is 1. The Morgan fingerprint density at radius 3 is 2.95 bits per heavy atom. The summed E-state index contributed by atoms with van der Waals surface area (Å²) in [5.74, 6) is 0.941. The summed E-state index contributed by atoms with van der Waals surface area (Å²) >= 11 is 1.42. The van der Waals surface area contributed by atoms with Gasteiger partial charge in [-0.1, -0.05) is 6.07 Å². The van der Waals surface area contributed by atoms with E-state index in [2.05, 4.69) is 5.32 Å². The summed E-state index contributed by atoms with van der Waals surface area (Å²) in [6.45, 7) is 0.411. The van der Waals surface area contributed by atoms with E-state index in [1.165, 1.54) is 18.9 Å². The van der Waals surface area contributed by atoms with Crippen molar-refractivity contribution in [2.45, 2.75) is 11.0 Å². The molecule has 19 heavy (non-hydrogen) atoms. The zero-order valence-corrected chi connectivity index (χ0v) is 11.9. The van der Waals surface area contributed by atoms with Gasteiger partial charge in [-0.2, -0.15) is 0 Å². The quantitative estimate of drug-likeness (QED) is 0.695. The largest absolute Gasteiger partial charge is 0.497 e. The number of benzene rings is 1. The number of nitrogens with one attached hydrogen (secondary N) is 1. The molecule has 0 radical (unpaired) electrons. The molecule has 1 rings (SSSR count). The smallest absolute Gasteiger partial charge is 0.230 e. The van der Waals surface area contributed by atoms with Gasteiger partial charge in [-0.15, -0.1) is 11.8 Å². The van der Waals surface area contributed by atoms with Crippen molar-refractivity contribution < 1.29 is 19.4 Å². The molecule has 0 aliphatic rings. The third kappa shape index (κ3) is 6.47. The molecule has 1 aromatic carbocycles. The first kappa shape index (κ1) is 15.8. The van der Waals surface area contributed by atoms with Crippen molar-refractivity contribution in [2.24, 2.45) is 0 Å². The molecule has 1 unspecified atom stereocenters. The molecule has 1 atom stereocenters. The molecular weight excluding hydrogens is 266 g/mol. The molecule has 0 aliphatic carbocycles. The highest BCUT2D eigenvalue weighted by Crippen LogP contribution is 2.22. The Morgan fingerprint density at radius 2 is 2.26 bits per heavy atom. The monoisotopic (exact) mass is 285 g/mol. The van der Waals surface area contributed by atoms with E-state index in [1.807, 2.05) is 24.3 Å². The van der Waals surface area contributed by atoms with Gasteiger partial charge in [-0.25, -0.2) is 0 Å². The van der Waals surface area contributed by atoms with Crippen LogP contribution in [0.2, 0.25) is 0 Å². The fourth-order valence-electron chi connectivity index (χ4n) is 1.37. The minimum absolute atomic E-state index is 0.122. The maximum Gasteiger partial charge on any atom is 0.230 e. The average Bonchev–Trinajstić information content (AvgIpc) is 2.43. The normalized spacial score (nSPS) is 11.9. The average molecular weight is 285 g/mol. The Hall–Kier alpha value is -1.24. The van der Waals surface area contributed by atoms with E-state index in [-0.39, 0.29) is 19.1 Å². The number of rotatable bonds is 8. The first-order valence-corrected chi connectivity index (χ1v) is 6.84. The van der Waals surface area contributed by atoms with Gasteiger partial charge in [0.1, 0.15) is 5.75 Å². The number of ether oxygens (including phenoxy) is 2. The lowest BCUT2D eigenvalue weighted by Gasteiger charge is -2.10. The van der Waals surface area contributed by atoms with Crippen molar-refractivity contribution in [3.05, 3.63) is 24.3 Å². The predicted molar refractivity (Wildman–Crippen MR) is 74.6 cm³/mol. The summed E-state index contributed by atoms with van der Waals surface area (Å²) in [4.78, 5) is 12.5. The number of amides is 1. The summed E-state index contributed by atoms with van der Waals surface area (Å²) in [6, 6.07) is 7.52. The fourth-order valence-corrected chi connectivity index (χ4v) is 2.15. The van der Waals surface area contributed by atoms with Crippen LogP contribution in [-0.4, -0.2) is 50.2 Å². The molecule has 0 spiro atoms. The summed E-state index contributed by atoms with van der Waals surface area (Å²) < 4.78 is 9.88. The fraction of sp³-hybridized carbons (Fsp3) is 0.462. The third-order valence-corrected chi connectivity index (χ3v) is 3.30. The van der Waals surface area contributed by atoms with Crippen LogP contribution in [0.15, 0.2) is 29.2 Å².